The van der Waals surface area contributed by atoms with Crippen LogP contribution in [-0.4, -0.2) is 30.4 Å². The number of amides is 1. The smallest absolute Gasteiger partial charge is 0.258 e. The van der Waals surface area contributed by atoms with E-state index < -0.39 is 0 Å². The summed E-state index contributed by atoms with van der Waals surface area (Å²) in [7, 11) is 0. The molecule has 1 N–H and O–H groups in total. The van der Waals surface area contributed by atoms with Gasteiger partial charge in [-0.05, 0) is 32.9 Å². The van der Waals surface area contributed by atoms with E-state index in [1.54, 1.807) is 18.2 Å². The number of Topliss-reactive ketones (excluding diaryl/α,β-unsaturated/α-hetero) is 1. The molecule has 1 amide bonds. The van der Waals surface area contributed by atoms with E-state index in [0.29, 0.717) is 17.1 Å². The van der Waals surface area contributed by atoms with Crippen molar-refractivity contribution in [3.05, 3.63) is 23.8 Å². The molecule has 1 aliphatic rings. The molecule has 0 aromatic heterocycles. The standard InChI is InChI=1S/C14H17NO4/c1-14(2,3)15-13(17)8-18-9-4-5-10-11(16)7-19-12(10)6-9/h4-6H,7-8H2,1-3H3,(H,15,17). The van der Waals surface area contributed by atoms with Crippen molar-refractivity contribution in [3.8, 4) is 11.5 Å². The molecule has 0 radical (unpaired) electrons. The average molecular weight is 263 g/mol. The molecular formula is C14H17NO4. The van der Waals surface area contributed by atoms with Crippen molar-refractivity contribution in [2.24, 2.45) is 0 Å². The largest absolute Gasteiger partial charge is 0.485 e. The molecule has 19 heavy (non-hydrogen) atoms. The third-order valence-electron chi connectivity index (χ3n) is 2.50. The summed E-state index contributed by atoms with van der Waals surface area (Å²) in [6.45, 7) is 5.71. The second-order valence-corrected chi connectivity index (χ2v) is 5.46. The normalized spacial score (nSPS) is 13.7. The Balaban J connectivity index is 1.94. The monoisotopic (exact) mass is 263 g/mol. The molecule has 0 unspecified atom stereocenters. The summed E-state index contributed by atoms with van der Waals surface area (Å²) in [5.41, 5.74) is 0.278. The van der Waals surface area contributed by atoms with Crippen LogP contribution >= 0.6 is 0 Å². The summed E-state index contributed by atoms with van der Waals surface area (Å²) in [6.07, 6.45) is 0. The predicted octanol–water partition coefficient (Wildman–Crippen LogP) is 1.56. The molecule has 1 aromatic rings. The Hall–Kier alpha value is -2.04. The van der Waals surface area contributed by atoms with Gasteiger partial charge in [-0.25, -0.2) is 0 Å². The molecule has 0 spiro atoms. The molecule has 2 rings (SSSR count). The van der Waals surface area contributed by atoms with Crippen LogP contribution < -0.4 is 14.8 Å². The van der Waals surface area contributed by atoms with E-state index in [9.17, 15) is 9.59 Å². The van der Waals surface area contributed by atoms with Gasteiger partial charge in [-0.1, -0.05) is 0 Å². The summed E-state index contributed by atoms with van der Waals surface area (Å²) >= 11 is 0. The Labute approximate surface area is 111 Å². The fourth-order valence-electron chi connectivity index (χ4n) is 1.77. The van der Waals surface area contributed by atoms with Gasteiger partial charge in [0.15, 0.2) is 13.2 Å². The van der Waals surface area contributed by atoms with Crippen molar-refractivity contribution in [3.63, 3.8) is 0 Å². The number of rotatable bonds is 3. The Kier molecular flexibility index (Phi) is 3.46. The second kappa shape index (κ2) is 4.91. The lowest BCUT2D eigenvalue weighted by Crippen LogP contribution is -2.43. The summed E-state index contributed by atoms with van der Waals surface area (Å²) in [5.74, 6) is 0.799. The first-order chi connectivity index (χ1) is 8.85. The highest BCUT2D eigenvalue weighted by Crippen LogP contribution is 2.29. The summed E-state index contributed by atoms with van der Waals surface area (Å²) in [4.78, 5) is 23.0. The average Bonchev–Trinajstić information content (AvgIpc) is 2.66. The minimum Gasteiger partial charge on any atom is -0.485 e. The predicted molar refractivity (Wildman–Crippen MR) is 69.7 cm³/mol. The van der Waals surface area contributed by atoms with Crippen LogP contribution in [0.25, 0.3) is 0 Å². The van der Waals surface area contributed by atoms with Crippen molar-refractivity contribution < 1.29 is 19.1 Å². The van der Waals surface area contributed by atoms with Gasteiger partial charge >= 0.3 is 0 Å². The lowest BCUT2D eigenvalue weighted by molar-refractivity contribution is -0.124. The Bertz CT molecular complexity index is 517. The number of fused-ring (bicyclic) bond motifs is 1. The number of hydrogen-bond acceptors (Lipinski definition) is 4. The van der Waals surface area contributed by atoms with E-state index in [2.05, 4.69) is 5.32 Å². The van der Waals surface area contributed by atoms with Crippen molar-refractivity contribution in [1.29, 1.82) is 0 Å². The molecule has 1 heterocycles. The zero-order valence-electron chi connectivity index (χ0n) is 11.3. The van der Waals surface area contributed by atoms with Gasteiger partial charge in [-0.3, -0.25) is 9.59 Å². The van der Waals surface area contributed by atoms with E-state index >= 15 is 0 Å². The molecule has 0 atom stereocenters. The number of benzene rings is 1. The molecule has 0 saturated carbocycles. The molecule has 0 fully saturated rings. The van der Waals surface area contributed by atoms with Crippen LogP contribution in [0.1, 0.15) is 31.1 Å². The molecule has 5 nitrogen and oxygen atoms in total. The first-order valence-electron chi connectivity index (χ1n) is 6.09. The van der Waals surface area contributed by atoms with Crippen LogP contribution in [0.5, 0.6) is 11.5 Å². The number of ketones is 1. The lowest BCUT2D eigenvalue weighted by atomic mass is 10.1. The van der Waals surface area contributed by atoms with E-state index in [0.717, 1.165) is 0 Å². The fraction of sp³-hybridized carbons (Fsp3) is 0.429. The molecule has 102 valence electrons. The zero-order chi connectivity index (χ0) is 14.0. The first kappa shape index (κ1) is 13.4. The van der Waals surface area contributed by atoms with Gasteiger partial charge in [-0.2, -0.15) is 0 Å². The van der Waals surface area contributed by atoms with E-state index in [-0.39, 0.29) is 30.4 Å². The quantitative estimate of drug-likeness (QED) is 0.898. The highest BCUT2D eigenvalue weighted by atomic mass is 16.5. The molecule has 5 heteroatoms. The van der Waals surface area contributed by atoms with Crippen LogP contribution in [0.3, 0.4) is 0 Å². The van der Waals surface area contributed by atoms with Crippen LogP contribution in [0.2, 0.25) is 0 Å². The van der Waals surface area contributed by atoms with Gasteiger partial charge in [0.25, 0.3) is 5.91 Å². The highest BCUT2D eigenvalue weighted by Gasteiger charge is 2.21. The van der Waals surface area contributed by atoms with E-state index in [1.165, 1.54) is 0 Å². The number of ether oxygens (including phenoxy) is 2. The maximum atomic E-state index is 11.6. The number of nitrogens with one attached hydrogen (secondary N) is 1. The maximum Gasteiger partial charge on any atom is 0.258 e. The van der Waals surface area contributed by atoms with Crippen molar-refractivity contribution in [1.82, 2.24) is 5.32 Å². The van der Waals surface area contributed by atoms with E-state index in [4.69, 9.17) is 9.47 Å². The lowest BCUT2D eigenvalue weighted by Gasteiger charge is -2.20. The number of hydrogen-bond donors (Lipinski definition) is 1. The van der Waals surface area contributed by atoms with Crippen LogP contribution in [0, 0.1) is 0 Å². The van der Waals surface area contributed by atoms with E-state index in [1.807, 2.05) is 20.8 Å². The van der Waals surface area contributed by atoms with Gasteiger partial charge < -0.3 is 14.8 Å². The molecule has 1 aromatic carbocycles. The zero-order valence-corrected chi connectivity index (χ0v) is 11.3. The van der Waals surface area contributed by atoms with Gasteiger partial charge in [0.05, 0.1) is 5.56 Å². The Morgan fingerprint density at radius 2 is 2.16 bits per heavy atom. The van der Waals surface area contributed by atoms with Gasteiger partial charge in [0.1, 0.15) is 11.5 Å². The molecule has 0 aliphatic carbocycles. The summed E-state index contributed by atoms with van der Waals surface area (Å²) in [6, 6.07) is 4.95. The van der Waals surface area contributed by atoms with Crippen molar-refractivity contribution in [2.75, 3.05) is 13.2 Å². The minimum atomic E-state index is -0.284. The molecule has 1 aliphatic heterocycles. The fourth-order valence-corrected chi connectivity index (χ4v) is 1.77. The van der Waals surface area contributed by atoms with Gasteiger partial charge in [0.2, 0.25) is 5.78 Å². The molecule has 0 saturated heterocycles. The number of carbonyl (C=O) groups is 2. The van der Waals surface area contributed by atoms with Crippen molar-refractivity contribution in [2.45, 2.75) is 26.3 Å². The van der Waals surface area contributed by atoms with Crippen LogP contribution in [-0.2, 0) is 4.79 Å². The first-order valence-corrected chi connectivity index (χ1v) is 6.09. The Morgan fingerprint density at radius 1 is 1.42 bits per heavy atom. The third kappa shape index (κ3) is 3.47. The Morgan fingerprint density at radius 3 is 2.84 bits per heavy atom. The SMILES string of the molecule is CC(C)(C)NC(=O)COc1ccc2c(c1)OCC2=O. The molecule has 0 bridgehead atoms. The maximum absolute atomic E-state index is 11.6. The minimum absolute atomic E-state index is 0.0352. The van der Waals surface area contributed by atoms with Crippen molar-refractivity contribution >= 4 is 11.7 Å². The van der Waals surface area contributed by atoms with Crippen LogP contribution in [0.15, 0.2) is 18.2 Å². The third-order valence-corrected chi connectivity index (χ3v) is 2.50. The topological polar surface area (TPSA) is 64.6 Å². The highest BCUT2D eigenvalue weighted by molar-refractivity contribution is 6.02. The number of carbonyl (C=O) groups excluding carboxylic acids is 2. The van der Waals surface area contributed by atoms with Gasteiger partial charge in [-0.15, -0.1) is 0 Å². The summed E-state index contributed by atoms with van der Waals surface area (Å²) < 4.78 is 10.6. The van der Waals surface area contributed by atoms with Crippen LogP contribution in [0.4, 0.5) is 0 Å². The summed E-state index contributed by atoms with van der Waals surface area (Å²) in [5, 5.41) is 2.80. The van der Waals surface area contributed by atoms with Gasteiger partial charge in [0, 0.05) is 11.6 Å². The molecular weight excluding hydrogens is 246 g/mol. The second-order valence-electron chi connectivity index (χ2n) is 5.46.